The Morgan fingerprint density at radius 1 is 1.00 bits per heavy atom. The van der Waals surface area contributed by atoms with Crippen molar-refractivity contribution in [1.29, 1.82) is 0 Å². The van der Waals surface area contributed by atoms with Gasteiger partial charge >= 0.3 is 0 Å². The smallest absolute Gasteiger partial charge is 0.208 e. The van der Waals surface area contributed by atoms with Gasteiger partial charge in [-0.15, -0.1) is 0 Å². The molecule has 8 nitrogen and oxygen atoms in total. The average Bonchev–Trinajstić information content (AvgIpc) is 3.45. The lowest BCUT2D eigenvalue weighted by Gasteiger charge is -2.36. The van der Waals surface area contributed by atoms with Crippen LogP contribution in [0.3, 0.4) is 0 Å². The first kappa shape index (κ1) is 17.2. The van der Waals surface area contributed by atoms with Crippen LogP contribution < -0.4 is 15.1 Å². The molecule has 0 unspecified atom stereocenters. The molecule has 3 aromatic heterocycles. The van der Waals surface area contributed by atoms with E-state index in [1.54, 1.807) is 6.33 Å². The molecular weight excluding hydrogens is 352 g/mol. The minimum absolute atomic E-state index is 0.275. The van der Waals surface area contributed by atoms with Crippen molar-refractivity contribution >= 4 is 28.7 Å². The van der Waals surface area contributed by atoms with Gasteiger partial charge in [0.2, 0.25) is 5.95 Å². The first-order valence-corrected chi connectivity index (χ1v) is 10.1. The maximum absolute atomic E-state index is 5.00. The van der Waals surface area contributed by atoms with Crippen LogP contribution in [-0.2, 0) is 0 Å². The largest absolute Gasteiger partial charge is 0.365 e. The van der Waals surface area contributed by atoms with Crippen LogP contribution in [0.2, 0.25) is 0 Å². The fourth-order valence-electron chi connectivity index (χ4n) is 3.80. The molecule has 8 heteroatoms. The zero-order valence-electron chi connectivity index (χ0n) is 16.4. The van der Waals surface area contributed by atoms with E-state index in [-0.39, 0.29) is 6.04 Å². The standard InChI is InChI=1S/C20H26N8/c1-14(2)28-19-17(18(22-13-23-19)24-15-6-7-15)25-20(28)27-11-9-26(10-12-27)16-5-3-4-8-21-16/h3-5,8,13-15H,6-7,9-12H2,1-2H3,(H,22,23,24). The van der Waals surface area contributed by atoms with Crippen LogP contribution in [-0.4, -0.2) is 56.7 Å². The molecule has 3 aromatic rings. The van der Waals surface area contributed by atoms with E-state index in [4.69, 9.17) is 4.98 Å². The van der Waals surface area contributed by atoms with Gasteiger partial charge < -0.3 is 15.1 Å². The van der Waals surface area contributed by atoms with E-state index < -0.39 is 0 Å². The molecule has 1 saturated carbocycles. The molecule has 146 valence electrons. The molecule has 4 heterocycles. The van der Waals surface area contributed by atoms with Crippen LogP contribution in [0.25, 0.3) is 11.2 Å². The van der Waals surface area contributed by atoms with Crippen molar-refractivity contribution < 1.29 is 0 Å². The lowest BCUT2D eigenvalue weighted by molar-refractivity contribution is 0.572. The third kappa shape index (κ3) is 3.12. The van der Waals surface area contributed by atoms with Gasteiger partial charge in [-0.25, -0.2) is 19.9 Å². The van der Waals surface area contributed by atoms with E-state index >= 15 is 0 Å². The van der Waals surface area contributed by atoms with Crippen molar-refractivity contribution in [2.75, 3.05) is 41.3 Å². The van der Waals surface area contributed by atoms with Gasteiger partial charge in [0.05, 0.1) is 0 Å². The van der Waals surface area contributed by atoms with E-state index in [1.165, 1.54) is 12.8 Å². The number of aromatic nitrogens is 5. The third-order valence-electron chi connectivity index (χ3n) is 5.43. The monoisotopic (exact) mass is 378 g/mol. The number of rotatable bonds is 5. The summed E-state index contributed by atoms with van der Waals surface area (Å²) in [4.78, 5) is 23.2. The maximum Gasteiger partial charge on any atom is 0.208 e. The molecule has 2 fully saturated rings. The van der Waals surface area contributed by atoms with E-state index in [1.807, 2.05) is 18.3 Å². The summed E-state index contributed by atoms with van der Waals surface area (Å²) in [6, 6.07) is 6.88. The summed E-state index contributed by atoms with van der Waals surface area (Å²) < 4.78 is 2.24. The van der Waals surface area contributed by atoms with Crippen molar-refractivity contribution in [2.45, 2.75) is 38.8 Å². The number of hydrogen-bond acceptors (Lipinski definition) is 7. The van der Waals surface area contributed by atoms with Crippen LogP contribution >= 0.6 is 0 Å². The minimum Gasteiger partial charge on any atom is -0.365 e. The zero-order valence-corrected chi connectivity index (χ0v) is 16.4. The normalized spacial score (nSPS) is 17.5. The minimum atomic E-state index is 0.275. The summed E-state index contributed by atoms with van der Waals surface area (Å²) in [5.74, 6) is 2.89. The number of imidazole rings is 1. The Hall–Kier alpha value is -2.90. The van der Waals surface area contributed by atoms with Crippen LogP contribution in [0.1, 0.15) is 32.7 Å². The maximum atomic E-state index is 5.00. The van der Waals surface area contributed by atoms with Gasteiger partial charge in [-0.2, -0.15) is 0 Å². The second-order valence-electron chi connectivity index (χ2n) is 7.85. The van der Waals surface area contributed by atoms with Gasteiger partial charge in [0.1, 0.15) is 12.1 Å². The number of pyridine rings is 1. The first-order valence-electron chi connectivity index (χ1n) is 10.1. The Kier molecular flexibility index (Phi) is 4.26. The van der Waals surface area contributed by atoms with Gasteiger partial charge in [-0.05, 0) is 38.8 Å². The van der Waals surface area contributed by atoms with Gasteiger partial charge in [0, 0.05) is 44.5 Å². The Bertz CT molecular complexity index is 955. The molecule has 1 aliphatic heterocycles. The molecule has 28 heavy (non-hydrogen) atoms. The molecule has 2 aliphatic rings. The van der Waals surface area contributed by atoms with Crippen LogP contribution in [0.5, 0.6) is 0 Å². The lowest BCUT2D eigenvalue weighted by Crippen LogP contribution is -2.47. The molecule has 1 saturated heterocycles. The Morgan fingerprint density at radius 3 is 2.46 bits per heavy atom. The van der Waals surface area contributed by atoms with E-state index in [2.05, 4.69) is 54.5 Å². The highest BCUT2D eigenvalue weighted by atomic mass is 15.4. The Labute approximate surface area is 164 Å². The molecule has 0 bridgehead atoms. The number of piperazine rings is 1. The van der Waals surface area contributed by atoms with Crippen LogP contribution in [0, 0.1) is 0 Å². The summed E-state index contributed by atoms with van der Waals surface area (Å²) in [7, 11) is 0. The SMILES string of the molecule is CC(C)n1c(N2CCN(c3ccccn3)CC2)nc2c(NC3CC3)ncnc21. The van der Waals surface area contributed by atoms with E-state index in [9.17, 15) is 0 Å². The van der Waals surface area contributed by atoms with Gasteiger partial charge in [-0.3, -0.25) is 4.57 Å². The zero-order chi connectivity index (χ0) is 19.1. The number of anilines is 3. The lowest BCUT2D eigenvalue weighted by atomic mass is 10.3. The second-order valence-corrected chi connectivity index (χ2v) is 7.85. The Balaban J connectivity index is 1.44. The van der Waals surface area contributed by atoms with Gasteiger partial charge in [-0.1, -0.05) is 6.07 Å². The summed E-state index contributed by atoms with van der Waals surface area (Å²) in [5.41, 5.74) is 1.79. The van der Waals surface area contributed by atoms with Crippen molar-refractivity contribution in [3.8, 4) is 0 Å². The highest BCUT2D eigenvalue weighted by Gasteiger charge is 2.27. The molecular formula is C20H26N8. The molecule has 0 radical (unpaired) electrons. The van der Waals surface area contributed by atoms with Gasteiger partial charge in [0.15, 0.2) is 17.0 Å². The van der Waals surface area contributed by atoms with Crippen LogP contribution in [0.15, 0.2) is 30.7 Å². The van der Waals surface area contributed by atoms with E-state index in [0.717, 1.165) is 54.9 Å². The van der Waals surface area contributed by atoms with Crippen LogP contribution in [0.4, 0.5) is 17.6 Å². The van der Waals surface area contributed by atoms with Crippen molar-refractivity contribution in [2.24, 2.45) is 0 Å². The predicted molar refractivity (Wildman–Crippen MR) is 111 cm³/mol. The number of hydrogen-bond donors (Lipinski definition) is 1. The highest BCUT2D eigenvalue weighted by molar-refractivity contribution is 5.85. The molecule has 0 spiro atoms. The van der Waals surface area contributed by atoms with Crippen molar-refractivity contribution in [1.82, 2.24) is 24.5 Å². The second kappa shape index (κ2) is 6.92. The quantitative estimate of drug-likeness (QED) is 0.731. The third-order valence-corrected chi connectivity index (χ3v) is 5.43. The molecule has 0 atom stereocenters. The molecule has 1 aliphatic carbocycles. The topological polar surface area (TPSA) is 75.0 Å². The predicted octanol–water partition coefficient (Wildman–Crippen LogP) is 2.70. The van der Waals surface area contributed by atoms with E-state index in [0.29, 0.717) is 6.04 Å². The highest BCUT2D eigenvalue weighted by Crippen LogP contribution is 2.32. The fourth-order valence-corrected chi connectivity index (χ4v) is 3.80. The average molecular weight is 378 g/mol. The number of fused-ring (bicyclic) bond motifs is 1. The van der Waals surface area contributed by atoms with Gasteiger partial charge in [0.25, 0.3) is 0 Å². The summed E-state index contributed by atoms with van der Waals surface area (Å²) in [6.07, 6.45) is 5.92. The summed E-state index contributed by atoms with van der Waals surface area (Å²) in [6.45, 7) is 8.04. The summed E-state index contributed by atoms with van der Waals surface area (Å²) in [5, 5.41) is 3.51. The first-order chi connectivity index (χ1) is 13.7. The molecule has 0 amide bonds. The van der Waals surface area contributed by atoms with Crippen molar-refractivity contribution in [3.63, 3.8) is 0 Å². The number of nitrogens with zero attached hydrogens (tertiary/aromatic N) is 7. The summed E-state index contributed by atoms with van der Waals surface area (Å²) >= 11 is 0. The molecule has 1 N–H and O–H groups in total. The molecule has 5 rings (SSSR count). The van der Waals surface area contributed by atoms with Crippen molar-refractivity contribution in [3.05, 3.63) is 30.7 Å². The Morgan fingerprint density at radius 2 is 1.79 bits per heavy atom. The number of nitrogens with one attached hydrogen (secondary N) is 1. The fraction of sp³-hybridized carbons (Fsp3) is 0.500. The molecule has 0 aromatic carbocycles.